The van der Waals surface area contributed by atoms with E-state index in [1.54, 1.807) is 12.0 Å². The predicted molar refractivity (Wildman–Crippen MR) is 96.8 cm³/mol. The topological polar surface area (TPSA) is 33.8 Å². The van der Waals surface area contributed by atoms with Gasteiger partial charge < -0.3 is 14.2 Å². The molecule has 0 amide bonds. The molecule has 0 aromatic heterocycles. The van der Waals surface area contributed by atoms with E-state index in [0.717, 1.165) is 18.6 Å². The monoisotopic (exact) mass is 335 g/mol. The zero-order chi connectivity index (χ0) is 16.7. The summed E-state index contributed by atoms with van der Waals surface area (Å²) in [6.07, 6.45) is 3.40. The molecule has 1 aliphatic heterocycles. The molecule has 4 unspecified atom stereocenters. The molecule has 0 spiro atoms. The fourth-order valence-electron chi connectivity index (χ4n) is 3.84. The first-order chi connectivity index (χ1) is 10.9. The van der Waals surface area contributed by atoms with Crippen LogP contribution >= 0.6 is 12.0 Å². The lowest BCUT2D eigenvalue weighted by Crippen LogP contribution is -2.31. The number of hydrogen-bond acceptors (Lipinski definition) is 4. The fraction of sp³-hybridized carbons (Fsp3) is 0.684. The first-order valence-electron chi connectivity index (χ1n) is 8.68. The molecule has 1 aliphatic carbocycles. The number of rotatable bonds is 6. The van der Waals surface area contributed by atoms with Crippen LogP contribution in [0, 0.1) is 5.92 Å². The molecule has 4 atom stereocenters. The molecule has 1 aromatic carbocycles. The number of hydrogen-bond donors (Lipinski definition) is 1. The number of epoxide rings is 1. The van der Waals surface area contributed by atoms with E-state index in [-0.39, 0.29) is 11.2 Å². The SMILES string of the molecule is CNC(c1ccc(OSC2CCC3(C)OC3(C)C2)cc1)C(C)C. The molecular formula is C19H29NO2S. The third-order valence-electron chi connectivity index (χ3n) is 5.59. The first kappa shape index (κ1) is 17.1. The van der Waals surface area contributed by atoms with Gasteiger partial charge in [-0.1, -0.05) is 26.0 Å². The molecule has 0 bridgehead atoms. The highest BCUT2D eigenvalue weighted by atomic mass is 32.2. The zero-order valence-electron chi connectivity index (χ0n) is 14.9. The van der Waals surface area contributed by atoms with Crippen molar-refractivity contribution in [2.45, 2.75) is 69.5 Å². The van der Waals surface area contributed by atoms with Crippen LogP contribution in [-0.4, -0.2) is 23.5 Å². The summed E-state index contributed by atoms with van der Waals surface area (Å²) in [5, 5.41) is 3.90. The molecule has 1 N–H and O–H groups in total. The van der Waals surface area contributed by atoms with Crippen LogP contribution in [0.2, 0.25) is 0 Å². The Morgan fingerprint density at radius 3 is 2.48 bits per heavy atom. The van der Waals surface area contributed by atoms with Gasteiger partial charge in [-0.05, 0) is 63.8 Å². The maximum Gasteiger partial charge on any atom is 0.137 e. The minimum Gasteiger partial charge on any atom is -0.426 e. The molecule has 1 heterocycles. The van der Waals surface area contributed by atoms with Crippen molar-refractivity contribution in [3.05, 3.63) is 29.8 Å². The van der Waals surface area contributed by atoms with Crippen LogP contribution < -0.4 is 9.50 Å². The normalized spacial score (nSPS) is 34.1. The molecular weight excluding hydrogens is 306 g/mol. The molecule has 0 radical (unpaired) electrons. The molecule has 1 aromatic rings. The van der Waals surface area contributed by atoms with Gasteiger partial charge >= 0.3 is 0 Å². The van der Waals surface area contributed by atoms with Crippen LogP contribution in [0.1, 0.15) is 58.6 Å². The summed E-state index contributed by atoms with van der Waals surface area (Å²) in [5.41, 5.74) is 1.52. The molecule has 3 nitrogen and oxygen atoms in total. The molecule has 23 heavy (non-hydrogen) atoms. The number of benzene rings is 1. The van der Waals surface area contributed by atoms with Crippen molar-refractivity contribution >= 4 is 12.0 Å². The van der Waals surface area contributed by atoms with Gasteiger partial charge in [0.1, 0.15) is 5.75 Å². The van der Waals surface area contributed by atoms with Gasteiger partial charge in [0.2, 0.25) is 0 Å². The van der Waals surface area contributed by atoms with Gasteiger partial charge in [-0.2, -0.15) is 0 Å². The van der Waals surface area contributed by atoms with Crippen molar-refractivity contribution in [1.82, 2.24) is 5.32 Å². The van der Waals surface area contributed by atoms with Crippen LogP contribution in [0.4, 0.5) is 0 Å². The summed E-state index contributed by atoms with van der Waals surface area (Å²) < 4.78 is 11.9. The molecule has 1 saturated heterocycles. The zero-order valence-corrected chi connectivity index (χ0v) is 15.7. The lowest BCUT2D eigenvalue weighted by molar-refractivity contribution is 0.280. The van der Waals surface area contributed by atoms with Gasteiger partial charge in [0.25, 0.3) is 0 Å². The van der Waals surface area contributed by atoms with Crippen LogP contribution in [-0.2, 0) is 4.74 Å². The first-order valence-corrected chi connectivity index (χ1v) is 9.48. The van der Waals surface area contributed by atoms with E-state index in [0.29, 0.717) is 17.2 Å². The molecule has 128 valence electrons. The summed E-state index contributed by atoms with van der Waals surface area (Å²) in [5.74, 6) is 1.50. The second-order valence-corrected chi connectivity index (χ2v) is 8.71. The minimum atomic E-state index is 0.0768. The number of ether oxygens (including phenoxy) is 1. The molecule has 3 rings (SSSR count). The Balaban J connectivity index is 1.53. The van der Waals surface area contributed by atoms with E-state index in [9.17, 15) is 0 Å². The number of fused-ring (bicyclic) bond motifs is 1. The maximum absolute atomic E-state index is 5.96. The number of nitrogens with one attached hydrogen (secondary N) is 1. The Morgan fingerprint density at radius 1 is 1.22 bits per heavy atom. The summed E-state index contributed by atoms with van der Waals surface area (Å²) >= 11 is 1.61. The van der Waals surface area contributed by atoms with E-state index in [2.05, 4.69) is 57.3 Å². The van der Waals surface area contributed by atoms with Crippen molar-refractivity contribution in [3.63, 3.8) is 0 Å². The van der Waals surface area contributed by atoms with Crippen LogP contribution in [0.25, 0.3) is 0 Å². The summed E-state index contributed by atoms with van der Waals surface area (Å²) in [6, 6.07) is 8.88. The van der Waals surface area contributed by atoms with Gasteiger partial charge in [0.15, 0.2) is 0 Å². The van der Waals surface area contributed by atoms with Crippen LogP contribution in [0.3, 0.4) is 0 Å². The molecule has 1 saturated carbocycles. The molecule has 2 fully saturated rings. The molecule has 2 aliphatic rings. The second-order valence-electron chi connectivity index (χ2n) is 7.69. The minimum absolute atomic E-state index is 0.0768. The van der Waals surface area contributed by atoms with Crippen LogP contribution in [0.5, 0.6) is 5.75 Å². The smallest absolute Gasteiger partial charge is 0.137 e. The quantitative estimate of drug-likeness (QED) is 0.602. The van der Waals surface area contributed by atoms with Crippen LogP contribution in [0.15, 0.2) is 24.3 Å². The van der Waals surface area contributed by atoms with E-state index >= 15 is 0 Å². The Labute approximate surface area is 144 Å². The second kappa shape index (κ2) is 6.30. The summed E-state index contributed by atoms with van der Waals surface area (Å²) in [7, 11) is 2.02. The van der Waals surface area contributed by atoms with Crippen molar-refractivity contribution in [2.75, 3.05) is 7.05 Å². The van der Waals surface area contributed by atoms with Gasteiger partial charge in [-0.25, -0.2) is 0 Å². The van der Waals surface area contributed by atoms with Gasteiger partial charge in [0, 0.05) is 11.3 Å². The van der Waals surface area contributed by atoms with Gasteiger partial charge in [-0.3, -0.25) is 0 Å². The van der Waals surface area contributed by atoms with Crippen molar-refractivity contribution < 1.29 is 8.92 Å². The average molecular weight is 336 g/mol. The molecule has 4 heteroatoms. The highest BCUT2D eigenvalue weighted by Crippen LogP contribution is 2.58. The lowest BCUT2D eigenvalue weighted by atomic mass is 9.81. The van der Waals surface area contributed by atoms with Crippen molar-refractivity contribution in [3.8, 4) is 5.75 Å². The van der Waals surface area contributed by atoms with E-state index in [1.165, 1.54) is 12.0 Å². The predicted octanol–water partition coefficient (Wildman–Crippen LogP) is 4.73. The standard InChI is InChI=1S/C19H29NO2S/c1-13(2)17(20-5)14-6-8-15(9-7-14)21-23-16-10-11-18(3)19(4,12-16)22-18/h6-9,13,16-17,20H,10-12H2,1-5H3. The Morgan fingerprint density at radius 2 is 1.91 bits per heavy atom. The highest BCUT2D eigenvalue weighted by Gasteiger charge is 2.65. The highest BCUT2D eigenvalue weighted by molar-refractivity contribution is 7.95. The Bertz CT molecular complexity index is 547. The van der Waals surface area contributed by atoms with Gasteiger partial charge in [-0.15, -0.1) is 0 Å². The lowest BCUT2D eigenvalue weighted by Gasteiger charge is -2.25. The third kappa shape index (κ3) is 3.40. The maximum atomic E-state index is 5.96. The van der Waals surface area contributed by atoms with E-state index in [4.69, 9.17) is 8.92 Å². The average Bonchev–Trinajstić information content (AvgIpc) is 3.08. The Kier molecular flexibility index (Phi) is 4.69. The van der Waals surface area contributed by atoms with E-state index in [1.807, 2.05) is 7.05 Å². The summed E-state index contributed by atoms with van der Waals surface area (Å²) in [4.78, 5) is 0. The largest absolute Gasteiger partial charge is 0.426 e. The van der Waals surface area contributed by atoms with Crippen molar-refractivity contribution in [2.24, 2.45) is 5.92 Å². The van der Waals surface area contributed by atoms with Gasteiger partial charge in [0.05, 0.1) is 23.2 Å². The fourth-order valence-corrected chi connectivity index (χ4v) is 4.80. The third-order valence-corrected chi connectivity index (χ3v) is 6.55. The van der Waals surface area contributed by atoms with Crippen molar-refractivity contribution in [1.29, 1.82) is 0 Å². The summed E-state index contributed by atoms with van der Waals surface area (Å²) in [6.45, 7) is 8.94. The Hall–Kier alpha value is -0.710. The van der Waals surface area contributed by atoms with E-state index < -0.39 is 0 Å².